The average Bonchev–Trinajstić information content (AvgIpc) is 2.66. The van der Waals surface area contributed by atoms with Gasteiger partial charge in [0.1, 0.15) is 0 Å². The first-order valence-electron chi connectivity index (χ1n) is 9.25. The molecule has 1 unspecified atom stereocenters. The first kappa shape index (κ1) is 26.3. The van der Waals surface area contributed by atoms with Crippen LogP contribution in [0.5, 0.6) is 0 Å². The van der Waals surface area contributed by atoms with Crippen molar-refractivity contribution in [1.29, 1.82) is 0 Å². The molecule has 1 atom stereocenters. The maximum Gasteiger partial charge on any atom is 0.191 e. The number of ether oxygens (including phenoxy) is 2. The normalized spacial score (nSPS) is 12.3. The van der Waals surface area contributed by atoms with Gasteiger partial charge in [-0.1, -0.05) is 43.7 Å². The van der Waals surface area contributed by atoms with Crippen molar-refractivity contribution in [3.05, 3.63) is 35.9 Å². The highest BCUT2D eigenvalue weighted by molar-refractivity contribution is 14.0. The van der Waals surface area contributed by atoms with E-state index in [0.717, 1.165) is 25.0 Å². The molecule has 0 fully saturated rings. The number of guanidine groups is 1. The van der Waals surface area contributed by atoms with Crippen molar-refractivity contribution in [3.63, 3.8) is 0 Å². The molecule has 6 nitrogen and oxygen atoms in total. The van der Waals surface area contributed by atoms with Crippen LogP contribution in [0.1, 0.15) is 25.3 Å². The number of nitrogens with one attached hydrogen (secondary N) is 2. The Hall–Kier alpha value is -0.710. The number of nitrogens with zero attached hydrogens (tertiary/aromatic N) is 1. The van der Waals surface area contributed by atoms with Crippen molar-refractivity contribution in [1.82, 2.24) is 10.6 Å². The van der Waals surface area contributed by atoms with E-state index in [2.05, 4.69) is 22.5 Å². The van der Waals surface area contributed by atoms with Crippen molar-refractivity contribution in [2.24, 2.45) is 4.99 Å². The summed E-state index contributed by atoms with van der Waals surface area (Å²) in [7, 11) is 0.834. The molecule has 0 aliphatic rings. The van der Waals surface area contributed by atoms with Gasteiger partial charge < -0.3 is 20.1 Å². The van der Waals surface area contributed by atoms with Gasteiger partial charge in [0.05, 0.1) is 19.8 Å². The van der Waals surface area contributed by atoms with E-state index in [0.29, 0.717) is 50.4 Å². The predicted octanol–water partition coefficient (Wildman–Crippen LogP) is 2.55. The number of rotatable bonds is 14. The second-order valence-electron chi connectivity index (χ2n) is 5.78. The third-order valence-corrected chi connectivity index (χ3v) is 4.88. The highest BCUT2D eigenvalue weighted by Crippen LogP contribution is 2.02. The highest BCUT2D eigenvalue weighted by atomic mass is 127. The van der Waals surface area contributed by atoms with Gasteiger partial charge in [-0.25, -0.2) is 0 Å². The largest absolute Gasteiger partial charge is 0.379 e. The Kier molecular flexibility index (Phi) is 18.2. The van der Waals surface area contributed by atoms with Gasteiger partial charge in [0.15, 0.2) is 5.96 Å². The second kappa shape index (κ2) is 18.6. The summed E-state index contributed by atoms with van der Waals surface area (Å²) in [6.07, 6.45) is 2.25. The number of halogens is 1. The molecule has 1 rings (SSSR count). The minimum atomic E-state index is -0.887. The van der Waals surface area contributed by atoms with Gasteiger partial charge in [-0.15, -0.1) is 24.0 Å². The number of hydrogen-bond acceptors (Lipinski definition) is 4. The summed E-state index contributed by atoms with van der Waals surface area (Å²) in [6, 6.07) is 9.90. The lowest BCUT2D eigenvalue weighted by Crippen LogP contribution is -2.40. The number of hydrogen-bond donors (Lipinski definition) is 2. The van der Waals surface area contributed by atoms with Crippen LogP contribution >= 0.6 is 24.0 Å². The maximum absolute atomic E-state index is 12.1. The van der Waals surface area contributed by atoms with E-state index < -0.39 is 10.8 Å². The van der Waals surface area contributed by atoms with Gasteiger partial charge in [0.2, 0.25) is 0 Å². The van der Waals surface area contributed by atoms with Crippen LogP contribution < -0.4 is 10.6 Å². The smallest absolute Gasteiger partial charge is 0.191 e. The third-order valence-electron chi connectivity index (χ3n) is 3.57. The zero-order chi connectivity index (χ0) is 18.9. The number of unbranched alkanes of at least 4 members (excludes halogenated alkanes) is 1. The Morgan fingerprint density at radius 3 is 2.37 bits per heavy atom. The quantitative estimate of drug-likeness (QED) is 0.174. The average molecular weight is 511 g/mol. The van der Waals surface area contributed by atoms with Crippen LogP contribution in [0.3, 0.4) is 0 Å². The fraction of sp³-hybridized carbons (Fsp3) is 0.632. The summed E-state index contributed by atoms with van der Waals surface area (Å²) in [6.45, 7) is 6.08. The standard InChI is InChI=1S/C19H33N3O3S.HI/c1-3-4-12-24-14-15-25-13-10-21-19(20-2)22-11-16-26(23)17-18-8-6-5-7-9-18;/h5-9H,3-4,10-17H2,1-2H3,(H2,20,21,22);1H. The maximum atomic E-state index is 12.1. The predicted molar refractivity (Wildman–Crippen MR) is 124 cm³/mol. The van der Waals surface area contributed by atoms with Crippen LogP contribution in [0.15, 0.2) is 35.3 Å². The molecule has 156 valence electrons. The topological polar surface area (TPSA) is 72.0 Å². The lowest BCUT2D eigenvalue weighted by Gasteiger charge is -2.12. The molecule has 0 amide bonds. The Balaban J connectivity index is 0.00000676. The van der Waals surface area contributed by atoms with E-state index in [1.165, 1.54) is 0 Å². The van der Waals surface area contributed by atoms with Crippen molar-refractivity contribution >= 4 is 40.7 Å². The lowest BCUT2D eigenvalue weighted by atomic mass is 10.2. The Morgan fingerprint density at radius 1 is 1.04 bits per heavy atom. The summed E-state index contributed by atoms with van der Waals surface area (Å²) in [5.41, 5.74) is 1.10. The molecule has 0 aliphatic carbocycles. The van der Waals surface area contributed by atoms with Crippen molar-refractivity contribution in [3.8, 4) is 0 Å². The Labute approximate surface area is 183 Å². The second-order valence-corrected chi connectivity index (χ2v) is 7.35. The molecule has 0 aliphatic heterocycles. The van der Waals surface area contributed by atoms with Gasteiger partial charge in [0, 0.05) is 49.0 Å². The highest BCUT2D eigenvalue weighted by Gasteiger charge is 2.03. The molecule has 8 heteroatoms. The molecule has 0 heterocycles. The van der Waals surface area contributed by atoms with E-state index in [1.54, 1.807) is 7.05 Å². The van der Waals surface area contributed by atoms with Crippen molar-refractivity contribution in [2.45, 2.75) is 25.5 Å². The molecular formula is C19H34IN3O3S. The van der Waals surface area contributed by atoms with Crippen molar-refractivity contribution < 1.29 is 13.7 Å². The van der Waals surface area contributed by atoms with Crippen LogP contribution in [0, 0.1) is 0 Å². The molecule has 0 radical (unpaired) electrons. The summed E-state index contributed by atoms with van der Waals surface area (Å²) in [5, 5.41) is 6.36. The Morgan fingerprint density at radius 2 is 1.70 bits per heavy atom. The van der Waals surface area contributed by atoms with E-state index >= 15 is 0 Å². The van der Waals surface area contributed by atoms with Gasteiger partial charge in [-0.2, -0.15) is 0 Å². The first-order chi connectivity index (χ1) is 12.8. The molecule has 0 spiro atoms. The molecule has 27 heavy (non-hydrogen) atoms. The molecule has 0 bridgehead atoms. The molecule has 0 saturated carbocycles. The summed E-state index contributed by atoms with van der Waals surface area (Å²) < 4.78 is 23.0. The van der Waals surface area contributed by atoms with Crippen LogP contribution in [-0.2, 0) is 26.0 Å². The fourth-order valence-corrected chi connectivity index (χ4v) is 3.18. The molecule has 0 aromatic heterocycles. The van der Waals surface area contributed by atoms with Gasteiger partial charge >= 0.3 is 0 Å². The van der Waals surface area contributed by atoms with Crippen LogP contribution in [0.25, 0.3) is 0 Å². The molecular weight excluding hydrogens is 477 g/mol. The fourth-order valence-electron chi connectivity index (χ4n) is 2.15. The van der Waals surface area contributed by atoms with E-state index in [1.807, 2.05) is 30.3 Å². The van der Waals surface area contributed by atoms with Crippen LogP contribution in [-0.4, -0.2) is 62.5 Å². The van der Waals surface area contributed by atoms with Gasteiger partial charge in [-0.3, -0.25) is 9.20 Å². The van der Waals surface area contributed by atoms with Crippen LogP contribution in [0.2, 0.25) is 0 Å². The summed E-state index contributed by atoms with van der Waals surface area (Å²) in [5.74, 6) is 1.87. The van der Waals surface area contributed by atoms with Gasteiger partial charge in [-0.05, 0) is 12.0 Å². The molecule has 1 aromatic rings. The van der Waals surface area contributed by atoms with Crippen LogP contribution in [0.4, 0.5) is 0 Å². The molecule has 1 aromatic carbocycles. The zero-order valence-electron chi connectivity index (χ0n) is 16.4. The number of benzene rings is 1. The molecule has 2 N–H and O–H groups in total. The Bertz CT molecular complexity index is 518. The lowest BCUT2D eigenvalue weighted by molar-refractivity contribution is 0.0487. The van der Waals surface area contributed by atoms with Gasteiger partial charge in [0.25, 0.3) is 0 Å². The minimum Gasteiger partial charge on any atom is -0.379 e. The molecule has 0 saturated heterocycles. The van der Waals surface area contributed by atoms with Crippen molar-refractivity contribution in [2.75, 3.05) is 52.3 Å². The monoisotopic (exact) mass is 511 g/mol. The van der Waals surface area contributed by atoms with E-state index in [9.17, 15) is 4.21 Å². The SMILES string of the molecule is CCCCOCCOCCNC(=NC)NCCS(=O)Cc1ccccc1.I. The summed E-state index contributed by atoms with van der Waals surface area (Å²) >= 11 is 0. The number of aliphatic imine (C=N–C) groups is 1. The van der Waals surface area contributed by atoms with E-state index in [4.69, 9.17) is 9.47 Å². The summed E-state index contributed by atoms with van der Waals surface area (Å²) in [4.78, 5) is 4.15. The first-order valence-corrected chi connectivity index (χ1v) is 10.7. The third kappa shape index (κ3) is 15.0. The van der Waals surface area contributed by atoms with E-state index in [-0.39, 0.29) is 24.0 Å². The minimum absolute atomic E-state index is 0. The zero-order valence-corrected chi connectivity index (χ0v) is 19.6.